The zero-order valence-corrected chi connectivity index (χ0v) is 23.8. The number of benzene rings is 2. The van der Waals surface area contributed by atoms with Gasteiger partial charge in [-0.3, -0.25) is 14.5 Å². The van der Waals surface area contributed by atoms with Crippen LogP contribution in [0.5, 0.6) is 23.0 Å². The molecular formula is C32H39NO7. The summed E-state index contributed by atoms with van der Waals surface area (Å²) < 4.78 is 26.9. The van der Waals surface area contributed by atoms with Crippen molar-refractivity contribution in [3.05, 3.63) is 59.7 Å². The van der Waals surface area contributed by atoms with Crippen LogP contribution in [0.3, 0.4) is 0 Å². The summed E-state index contributed by atoms with van der Waals surface area (Å²) >= 11 is 0. The monoisotopic (exact) mass is 549 g/mol. The van der Waals surface area contributed by atoms with Gasteiger partial charge in [-0.2, -0.15) is 0 Å². The molecule has 214 valence electrons. The number of ether oxygens (including phenoxy) is 5. The average Bonchev–Trinajstić information content (AvgIpc) is 3.02. The number of morpholine rings is 1. The van der Waals surface area contributed by atoms with Crippen LogP contribution in [0.2, 0.25) is 0 Å². The molecular weight excluding hydrogens is 510 g/mol. The lowest BCUT2D eigenvalue weighted by Crippen LogP contribution is -2.49. The number of carbonyl (C=O) groups excluding carboxylic acids is 2. The minimum absolute atomic E-state index is 0.176. The summed E-state index contributed by atoms with van der Waals surface area (Å²) in [4.78, 5) is 30.1. The second-order valence-corrected chi connectivity index (χ2v) is 10.1. The molecule has 8 nitrogen and oxygen atoms in total. The second-order valence-electron chi connectivity index (χ2n) is 10.1. The fourth-order valence-corrected chi connectivity index (χ4v) is 5.59. The van der Waals surface area contributed by atoms with Crippen LogP contribution < -0.4 is 18.9 Å². The molecule has 40 heavy (non-hydrogen) atoms. The highest BCUT2D eigenvalue weighted by Gasteiger charge is 2.46. The number of allylic oxidation sites excluding steroid dienone is 2. The summed E-state index contributed by atoms with van der Waals surface area (Å²) in [6, 6.07) is 11.3. The first-order chi connectivity index (χ1) is 19.4. The zero-order valence-electron chi connectivity index (χ0n) is 23.8. The van der Waals surface area contributed by atoms with Crippen LogP contribution in [0.1, 0.15) is 36.8 Å². The lowest BCUT2D eigenvalue weighted by molar-refractivity contribution is -0.138. The van der Waals surface area contributed by atoms with Crippen LogP contribution in [0.15, 0.2) is 48.6 Å². The number of hydrogen-bond acceptors (Lipinski definition) is 8. The van der Waals surface area contributed by atoms with E-state index in [0.717, 1.165) is 50.3 Å². The summed E-state index contributed by atoms with van der Waals surface area (Å²) in [6.07, 6.45) is 9.13. The SMILES string of the molecule is COc1ccc(/C=C/C(=O)C2(C(=O)/C=C/c3ccc(OC)c(OC)c3)CCC(N3CCOCC3)CC2)cc1OC. The molecule has 0 radical (unpaired) electrons. The Labute approximate surface area is 236 Å². The van der Waals surface area contributed by atoms with Crippen LogP contribution in [0.4, 0.5) is 0 Å². The maximum Gasteiger partial charge on any atom is 0.169 e. The summed E-state index contributed by atoms with van der Waals surface area (Å²) in [5.74, 6) is 2.02. The molecule has 0 spiro atoms. The maximum atomic E-state index is 13.8. The largest absolute Gasteiger partial charge is 0.493 e. The number of rotatable bonds is 11. The van der Waals surface area contributed by atoms with Crippen molar-refractivity contribution >= 4 is 23.7 Å². The molecule has 1 aliphatic carbocycles. The number of carbonyl (C=O) groups is 2. The Bertz CT molecular complexity index is 1160. The molecule has 0 unspecified atom stereocenters. The van der Waals surface area contributed by atoms with Crippen molar-refractivity contribution in [1.29, 1.82) is 0 Å². The summed E-state index contributed by atoms with van der Waals surface area (Å²) in [5, 5.41) is 0. The van der Waals surface area contributed by atoms with E-state index in [1.807, 2.05) is 24.3 Å². The second kappa shape index (κ2) is 13.6. The van der Waals surface area contributed by atoms with Gasteiger partial charge >= 0.3 is 0 Å². The molecule has 0 aromatic heterocycles. The zero-order chi connectivity index (χ0) is 28.5. The van der Waals surface area contributed by atoms with Crippen molar-refractivity contribution < 1.29 is 33.3 Å². The normalized spacial score (nSPS) is 18.1. The predicted molar refractivity (Wildman–Crippen MR) is 154 cm³/mol. The molecule has 2 aromatic rings. The topological polar surface area (TPSA) is 83.5 Å². The minimum atomic E-state index is -1.11. The standard InChI is InChI=1S/C32H39NO7/c1-36-26-9-5-23(21-28(26)38-3)7-11-30(34)32(15-13-25(14-16-32)33-17-19-40-20-18-33)31(35)12-8-24-6-10-27(37-2)29(22-24)39-4/h5-12,21-22,25H,13-20H2,1-4H3/b11-7+,12-8+. The molecule has 0 amide bonds. The molecule has 1 saturated heterocycles. The summed E-state index contributed by atoms with van der Waals surface area (Å²) in [6.45, 7) is 3.22. The van der Waals surface area contributed by atoms with Crippen LogP contribution in [-0.2, 0) is 14.3 Å². The van der Waals surface area contributed by atoms with Crippen LogP contribution >= 0.6 is 0 Å². The van der Waals surface area contributed by atoms with Gasteiger partial charge in [-0.15, -0.1) is 0 Å². The highest BCUT2D eigenvalue weighted by Crippen LogP contribution is 2.41. The Morgan fingerprint density at radius 1 is 0.750 bits per heavy atom. The third-order valence-corrected chi connectivity index (χ3v) is 7.98. The molecule has 8 heteroatoms. The van der Waals surface area contributed by atoms with Gasteiger partial charge in [0, 0.05) is 19.1 Å². The Kier molecular flexibility index (Phi) is 10.0. The van der Waals surface area contributed by atoms with Gasteiger partial charge in [-0.1, -0.05) is 24.3 Å². The molecule has 1 heterocycles. The van der Waals surface area contributed by atoms with Gasteiger partial charge in [0.1, 0.15) is 0 Å². The van der Waals surface area contributed by atoms with E-state index in [9.17, 15) is 9.59 Å². The molecule has 2 aromatic carbocycles. The molecule has 2 aliphatic rings. The maximum absolute atomic E-state index is 13.8. The molecule has 1 aliphatic heterocycles. The van der Waals surface area contributed by atoms with Gasteiger partial charge in [0.05, 0.1) is 47.1 Å². The number of ketones is 2. The van der Waals surface area contributed by atoms with E-state index in [-0.39, 0.29) is 11.6 Å². The van der Waals surface area contributed by atoms with Crippen molar-refractivity contribution in [3.63, 3.8) is 0 Å². The van der Waals surface area contributed by atoms with Gasteiger partial charge in [0.2, 0.25) is 0 Å². The van der Waals surface area contributed by atoms with Gasteiger partial charge < -0.3 is 23.7 Å². The van der Waals surface area contributed by atoms with E-state index in [0.29, 0.717) is 41.9 Å². The Hall–Kier alpha value is -3.62. The fraction of sp³-hybridized carbons (Fsp3) is 0.438. The van der Waals surface area contributed by atoms with Crippen LogP contribution in [0, 0.1) is 5.41 Å². The quantitative estimate of drug-likeness (QED) is 0.291. The predicted octanol–water partition coefficient (Wildman–Crippen LogP) is 4.85. The van der Waals surface area contributed by atoms with E-state index in [4.69, 9.17) is 23.7 Å². The number of nitrogens with zero attached hydrogens (tertiary/aromatic N) is 1. The first kappa shape index (κ1) is 29.4. The van der Waals surface area contributed by atoms with E-state index >= 15 is 0 Å². The molecule has 0 bridgehead atoms. The van der Waals surface area contributed by atoms with E-state index in [2.05, 4.69) is 4.90 Å². The molecule has 0 atom stereocenters. The molecule has 2 fully saturated rings. The van der Waals surface area contributed by atoms with Crippen LogP contribution in [0.25, 0.3) is 12.2 Å². The number of methoxy groups -OCH3 is 4. The van der Waals surface area contributed by atoms with Crippen molar-refractivity contribution in [2.45, 2.75) is 31.7 Å². The van der Waals surface area contributed by atoms with E-state index in [1.165, 1.54) is 0 Å². The Morgan fingerprint density at radius 3 is 1.62 bits per heavy atom. The lowest BCUT2D eigenvalue weighted by atomic mass is 9.66. The summed E-state index contributed by atoms with van der Waals surface area (Å²) in [5.41, 5.74) is 0.469. The first-order valence-electron chi connectivity index (χ1n) is 13.6. The molecule has 0 N–H and O–H groups in total. The van der Waals surface area contributed by atoms with E-state index < -0.39 is 5.41 Å². The third-order valence-electron chi connectivity index (χ3n) is 7.98. The van der Waals surface area contributed by atoms with Crippen molar-refractivity contribution in [2.75, 3.05) is 54.7 Å². The molecule has 4 rings (SSSR count). The van der Waals surface area contributed by atoms with Gasteiger partial charge in [-0.05, 0) is 73.2 Å². The Balaban J connectivity index is 1.58. The van der Waals surface area contributed by atoms with E-state index in [1.54, 1.807) is 64.9 Å². The molecule has 1 saturated carbocycles. The lowest BCUT2D eigenvalue weighted by Gasteiger charge is -2.42. The summed E-state index contributed by atoms with van der Waals surface area (Å²) in [7, 11) is 6.30. The number of hydrogen-bond donors (Lipinski definition) is 0. The van der Waals surface area contributed by atoms with Gasteiger partial charge in [0.15, 0.2) is 34.6 Å². The smallest absolute Gasteiger partial charge is 0.169 e. The average molecular weight is 550 g/mol. The first-order valence-corrected chi connectivity index (χ1v) is 13.6. The van der Waals surface area contributed by atoms with Gasteiger partial charge in [0.25, 0.3) is 0 Å². The third kappa shape index (κ3) is 6.57. The Morgan fingerprint density at radius 2 is 1.20 bits per heavy atom. The van der Waals surface area contributed by atoms with Crippen LogP contribution in [-0.4, -0.2) is 77.3 Å². The van der Waals surface area contributed by atoms with Gasteiger partial charge in [-0.25, -0.2) is 0 Å². The fourth-order valence-electron chi connectivity index (χ4n) is 5.59. The highest BCUT2D eigenvalue weighted by atomic mass is 16.5. The van der Waals surface area contributed by atoms with Crippen molar-refractivity contribution in [3.8, 4) is 23.0 Å². The van der Waals surface area contributed by atoms with Crippen molar-refractivity contribution in [2.24, 2.45) is 5.41 Å². The highest BCUT2D eigenvalue weighted by molar-refractivity contribution is 6.17. The van der Waals surface area contributed by atoms with Crippen molar-refractivity contribution in [1.82, 2.24) is 4.90 Å². The minimum Gasteiger partial charge on any atom is -0.493 e.